The number of halogens is 1. The van der Waals surface area contributed by atoms with E-state index >= 15 is 0 Å². The largest absolute Gasteiger partial charge is 0.355 e. The fourth-order valence-corrected chi connectivity index (χ4v) is 2.00. The Hall–Kier alpha value is -1.54. The molecule has 3 heteroatoms. The molecule has 0 spiro atoms. The first-order valence-electron chi connectivity index (χ1n) is 6.12. The van der Waals surface area contributed by atoms with Gasteiger partial charge in [0.15, 0.2) is 0 Å². The molecule has 0 atom stereocenters. The Morgan fingerprint density at radius 3 is 2.78 bits per heavy atom. The van der Waals surface area contributed by atoms with E-state index in [4.69, 9.17) is 11.6 Å². The normalized spacial score (nSPS) is 10.3. The number of nitrogens with zero attached hydrogens (tertiary/aromatic N) is 1. The number of nitrogens with one attached hydrogen (secondary N) is 1. The molecule has 2 aromatic rings. The van der Waals surface area contributed by atoms with E-state index in [9.17, 15) is 0 Å². The standard InChI is InChI=1S/C15H17ClN2/c1-12-10-15(7-9-17-12)18-14-6-2-4-13(11-14)5-3-8-16/h2,4,6-7,9-11H,3,5,8H2,1H3,(H,17,18). The van der Waals surface area contributed by atoms with Gasteiger partial charge in [-0.05, 0) is 49.6 Å². The van der Waals surface area contributed by atoms with E-state index in [1.165, 1.54) is 5.56 Å². The Balaban J connectivity index is 2.09. The summed E-state index contributed by atoms with van der Waals surface area (Å²) in [7, 11) is 0. The van der Waals surface area contributed by atoms with Gasteiger partial charge in [0, 0.05) is 29.1 Å². The van der Waals surface area contributed by atoms with Crippen LogP contribution in [0.4, 0.5) is 11.4 Å². The molecule has 0 fully saturated rings. The number of benzene rings is 1. The third kappa shape index (κ3) is 3.74. The lowest BCUT2D eigenvalue weighted by Gasteiger charge is -2.08. The Morgan fingerprint density at radius 1 is 1.17 bits per heavy atom. The molecule has 0 unspecified atom stereocenters. The molecular formula is C15H17ClN2. The van der Waals surface area contributed by atoms with Crippen LogP contribution in [0.25, 0.3) is 0 Å². The third-order valence-electron chi connectivity index (χ3n) is 2.71. The topological polar surface area (TPSA) is 24.9 Å². The predicted octanol–water partition coefficient (Wildman–Crippen LogP) is 4.31. The van der Waals surface area contributed by atoms with Crippen LogP contribution in [0.2, 0.25) is 0 Å². The van der Waals surface area contributed by atoms with Crippen LogP contribution in [0, 0.1) is 6.92 Å². The summed E-state index contributed by atoms with van der Waals surface area (Å²) < 4.78 is 0. The van der Waals surface area contributed by atoms with E-state index in [-0.39, 0.29) is 0 Å². The maximum atomic E-state index is 5.72. The van der Waals surface area contributed by atoms with E-state index < -0.39 is 0 Å². The summed E-state index contributed by atoms with van der Waals surface area (Å²) in [5.74, 6) is 0.710. The minimum atomic E-state index is 0.710. The van der Waals surface area contributed by atoms with E-state index in [1.54, 1.807) is 0 Å². The molecule has 1 aromatic heterocycles. The Morgan fingerprint density at radius 2 is 2.00 bits per heavy atom. The maximum absolute atomic E-state index is 5.72. The van der Waals surface area contributed by atoms with Crippen molar-refractivity contribution in [1.82, 2.24) is 4.98 Å². The smallest absolute Gasteiger partial charge is 0.0417 e. The molecule has 0 aliphatic rings. The zero-order valence-electron chi connectivity index (χ0n) is 10.5. The average molecular weight is 261 g/mol. The number of aromatic nitrogens is 1. The van der Waals surface area contributed by atoms with Gasteiger partial charge in [0.2, 0.25) is 0 Å². The maximum Gasteiger partial charge on any atom is 0.0417 e. The van der Waals surface area contributed by atoms with E-state index in [0.717, 1.165) is 29.9 Å². The molecule has 0 aliphatic carbocycles. The average Bonchev–Trinajstić information content (AvgIpc) is 2.37. The highest BCUT2D eigenvalue weighted by Crippen LogP contribution is 2.18. The van der Waals surface area contributed by atoms with Crippen molar-refractivity contribution in [1.29, 1.82) is 0 Å². The second-order valence-electron chi connectivity index (χ2n) is 4.30. The summed E-state index contributed by atoms with van der Waals surface area (Å²) in [4.78, 5) is 4.18. The van der Waals surface area contributed by atoms with E-state index in [1.807, 2.05) is 25.3 Å². The third-order valence-corrected chi connectivity index (χ3v) is 2.98. The van der Waals surface area contributed by atoms with Gasteiger partial charge in [-0.3, -0.25) is 4.98 Å². The molecule has 18 heavy (non-hydrogen) atoms. The monoisotopic (exact) mass is 260 g/mol. The van der Waals surface area contributed by atoms with Gasteiger partial charge in [0.1, 0.15) is 0 Å². The SMILES string of the molecule is Cc1cc(Nc2cccc(CCCCl)c2)ccn1. The Labute approximate surface area is 113 Å². The summed E-state index contributed by atoms with van der Waals surface area (Å²) >= 11 is 5.72. The highest BCUT2D eigenvalue weighted by Gasteiger charge is 1.98. The molecule has 0 saturated carbocycles. The number of aryl methyl sites for hydroxylation is 2. The van der Waals surface area contributed by atoms with Crippen LogP contribution in [0.15, 0.2) is 42.6 Å². The molecule has 94 valence electrons. The first-order valence-corrected chi connectivity index (χ1v) is 6.66. The molecule has 1 heterocycles. The number of anilines is 2. The minimum Gasteiger partial charge on any atom is -0.355 e. The molecule has 2 nitrogen and oxygen atoms in total. The summed E-state index contributed by atoms with van der Waals surface area (Å²) in [5.41, 5.74) is 4.49. The second kappa shape index (κ2) is 6.41. The van der Waals surface area contributed by atoms with Gasteiger partial charge in [-0.1, -0.05) is 12.1 Å². The highest BCUT2D eigenvalue weighted by molar-refractivity contribution is 6.17. The summed E-state index contributed by atoms with van der Waals surface area (Å²) in [6, 6.07) is 12.4. The molecule has 0 bridgehead atoms. The molecule has 1 N–H and O–H groups in total. The molecule has 0 amide bonds. The number of hydrogen-bond donors (Lipinski definition) is 1. The minimum absolute atomic E-state index is 0.710. The molecular weight excluding hydrogens is 244 g/mol. The van der Waals surface area contributed by atoms with Crippen LogP contribution >= 0.6 is 11.6 Å². The molecule has 0 radical (unpaired) electrons. The fraction of sp³-hybridized carbons (Fsp3) is 0.267. The van der Waals surface area contributed by atoms with Crippen molar-refractivity contribution < 1.29 is 0 Å². The summed E-state index contributed by atoms with van der Waals surface area (Å²) in [5, 5.41) is 3.39. The second-order valence-corrected chi connectivity index (χ2v) is 4.68. The fourth-order valence-electron chi connectivity index (χ4n) is 1.87. The van der Waals surface area contributed by atoms with Gasteiger partial charge in [-0.2, -0.15) is 0 Å². The van der Waals surface area contributed by atoms with Crippen LogP contribution in [-0.4, -0.2) is 10.9 Å². The first kappa shape index (κ1) is 12.9. The number of pyridine rings is 1. The zero-order valence-corrected chi connectivity index (χ0v) is 11.2. The summed E-state index contributed by atoms with van der Waals surface area (Å²) in [6.07, 6.45) is 3.85. The Bertz CT molecular complexity index is 511. The van der Waals surface area contributed by atoms with E-state index in [2.05, 4.69) is 34.6 Å². The van der Waals surface area contributed by atoms with Crippen LogP contribution < -0.4 is 5.32 Å². The van der Waals surface area contributed by atoms with Crippen LogP contribution in [0.1, 0.15) is 17.7 Å². The van der Waals surface area contributed by atoms with Crippen molar-refractivity contribution >= 4 is 23.0 Å². The molecule has 0 saturated heterocycles. The van der Waals surface area contributed by atoms with Crippen molar-refractivity contribution in [3.05, 3.63) is 53.9 Å². The first-order chi connectivity index (χ1) is 8.78. The number of hydrogen-bond acceptors (Lipinski definition) is 2. The quantitative estimate of drug-likeness (QED) is 0.811. The highest BCUT2D eigenvalue weighted by atomic mass is 35.5. The lowest BCUT2D eigenvalue weighted by molar-refractivity contribution is 0.929. The lowest BCUT2D eigenvalue weighted by atomic mass is 10.1. The van der Waals surface area contributed by atoms with Crippen molar-refractivity contribution in [3.63, 3.8) is 0 Å². The Kier molecular flexibility index (Phi) is 4.59. The molecule has 1 aromatic carbocycles. The van der Waals surface area contributed by atoms with Crippen LogP contribution in [0.3, 0.4) is 0 Å². The van der Waals surface area contributed by atoms with Gasteiger partial charge in [0.25, 0.3) is 0 Å². The zero-order chi connectivity index (χ0) is 12.8. The van der Waals surface area contributed by atoms with Gasteiger partial charge >= 0.3 is 0 Å². The molecule has 0 aliphatic heterocycles. The lowest BCUT2D eigenvalue weighted by Crippen LogP contribution is -1.93. The van der Waals surface area contributed by atoms with Crippen molar-refractivity contribution in [2.45, 2.75) is 19.8 Å². The summed E-state index contributed by atoms with van der Waals surface area (Å²) in [6.45, 7) is 1.99. The number of alkyl halides is 1. The predicted molar refractivity (Wildman–Crippen MR) is 77.7 cm³/mol. The van der Waals surface area contributed by atoms with Gasteiger partial charge < -0.3 is 5.32 Å². The van der Waals surface area contributed by atoms with Crippen LogP contribution in [-0.2, 0) is 6.42 Å². The van der Waals surface area contributed by atoms with E-state index in [0.29, 0.717) is 5.88 Å². The van der Waals surface area contributed by atoms with Crippen molar-refractivity contribution in [2.75, 3.05) is 11.2 Å². The van der Waals surface area contributed by atoms with Gasteiger partial charge in [0.05, 0.1) is 0 Å². The number of rotatable bonds is 5. The van der Waals surface area contributed by atoms with Crippen LogP contribution in [0.5, 0.6) is 0 Å². The van der Waals surface area contributed by atoms with Crippen molar-refractivity contribution in [3.8, 4) is 0 Å². The molecule has 2 rings (SSSR count). The van der Waals surface area contributed by atoms with Gasteiger partial charge in [-0.25, -0.2) is 0 Å². The van der Waals surface area contributed by atoms with Crippen molar-refractivity contribution in [2.24, 2.45) is 0 Å². The van der Waals surface area contributed by atoms with Gasteiger partial charge in [-0.15, -0.1) is 11.6 Å².